The molecule has 2 heterocycles. The monoisotopic (exact) mass is 739 g/mol. The van der Waals surface area contributed by atoms with Gasteiger partial charge in [0.1, 0.15) is 5.82 Å². The fourth-order valence-electron chi connectivity index (χ4n) is 9.18. The zero-order valence-electron chi connectivity index (χ0n) is 31.7. The molecule has 8 aromatic carbocycles. The van der Waals surface area contributed by atoms with Crippen molar-refractivity contribution in [2.45, 2.75) is 5.41 Å². The van der Waals surface area contributed by atoms with Crippen LogP contribution in [0.3, 0.4) is 0 Å². The SMILES string of the molecule is c1ccc(-n2c(-c3ccc(-c4cc5c(cc4-c4ccc(-c6ccccn6)cc4)C(c4ccccc4)(c4ccccc4)c4ccccc4-5)cc3)nc3ccccc32)cc1. The van der Waals surface area contributed by atoms with Gasteiger partial charge >= 0.3 is 0 Å². The van der Waals surface area contributed by atoms with E-state index in [4.69, 9.17) is 4.98 Å². The minimum absolute atomic E-state index is 0.504. The predicted octanol–water partition coefficient (Wildman–Crippen LogP) is 13.5. The van der Waals surface area contributed by atoms with Gasteiger partial charge in [-0.15, -0.1) is 0 Å². The molecule has 1 aliphatic carbocycles. The van der Waals surface area contributed by atoms with Crippen LogP contribution in [0.2, 0.25) is 0 Å². The second-order valence-corrected chi connectivity index (χ2v) is 14.9. The van der Waals surface area contributed by atoms with Crippen LogP contribution < -0.4 is 0 Å². The van der Waals surface area contributed by atoms with Crippen molar-refractivity contribution in [3.63, 3.8) is 0 Å². The molecular weight excluding hydrogens is 703 g/mol. The van der Waals surface area contributed by atoms with Gasteiger partial charge in [0, 0.05) is 23.0 Å². The van der Waals surface area contributed by atoms with Crippen LogP contribution in [0.25, 0.3) is 72.7 Å². The minimum atomic E-state index is -0.504. The summed E-state index contributed by atoms with van der Waals surface area (Å²) in [5, 5.41) is 0. The standard InChI is InChI=1S/C55H37N3/c1-4-16-42(17-5-1)55(43-18-6-2-7-19-43)49-23-11-10-22-45(49)48-36-46(47(37-50(48)55)39-27-31-40(32-28-39)51-24-14-15-35-56-51)38-29-33-41(34-30-38)54-57-52-25-12-13-26-53(52)58(54)44-20-8-3-9-21-44/h1-37H. The molecule has 0 unspecified atom stereocenters. The number of nitrogens with zero attached hydrogens (tertiary/aromatic N) is 3. The zero-order chi connectivity index (χ0) is 38.5. The van der Waals surface area contributed by atoms with Gasteiger partial charge in [-0.3, -0.25) is 9.55 Å². The van der Waals surface area contributed by atoms with Crippen molar-refractivity contribution in [2.75, 3.05) is 0 Å². The lowest BCUT2D eigenvalue weighted by Crippen LogP contribution is -2.28. The van der Waals surface area contributed by atoms with Gasteiger partial charge < -0.3 is 0 Å². The highest BCUT2D eigenvalue weighted by Crippen LogP contribution is 2.58. The molecule has 1 aliphatic rings. The van der Waals surface area contributed by atoms with Crippen molar-refractivity contribution >= 4 is 11.0 Å². The summed E-state index contributed by atoms with van der Waals surface area (Å²) in [5.41, 5.74) is 18.0. The van der Waals surface area contributed by atoms with Crippen LogP contribution in [-0.2, 0) is 5.41 Å². The van der Waals surface area contributed by atoms with Crippen molar-refractivity contribution in [3.8, 4) is 61.7 Å². The van der Waals surface area contributed by atoms with Crippen LogP contribution in [0.15, 0.2) is 225 Å². The van der Waals surface area contributed by atoms with Gasteiger partial charge in [0.25, 0.3) is 0 Å². The molecule has 0 amide bonds. The molecule has 11 rings (SSSR count). The summed E-state index contributed by atoms with van der Waals surface area (Å²) in [7, 11) is 0. The quantitative estimate of drug-likeness (QED) is 0.163. The van der Waals surface area contributed by atoms with Gasteiger partial charge in [-0.25, -0.2) is 4.98 Å². The fourth-order valence-corrected chi connectivity index (χ4v) is 9.18. The number of aromatic nitrogens is 3. The number of hydrogen-bond donors (Lipinski definition) is 0. The number of benzene rings is 8. The first-order chi connectivity index (χ1) is 28.8. The van der Waals surface area contributed by atoms with E-state index >= 15 is 0 Å². The molecule has 0 saturated carbocycles. The Morgan fingerprint density at radius 3 is 1.60 bits per heavy atom. The molecule has 3 nitrogen and oxygen atoms in total. The molecule has 0 saturated heterocycles. The Kier molecular flexibility index (Phi) is 8.04. The second-order valence-electron chi connectivity index (χ2n) is 14.9. The minimum Gasteiger partial charge on any atom is -0.292 e. The number of fused-ring (bicyclic) bond motifs is 4. The zero-order valence-corrected chi connectivity index (χ0v) is 31.7. The first kappa shape index (κ1) is 33.7. The fraction of sp³-hybridized carbons (Fsp3) is 0.0182. The van der Waals surface area contributed by atoms with Gasteiger partial charge in [0.2, 0.25) is 0 Å². The van der Waals surface area contributed by atoms with E-state index in [0.29, 0.717) is 0 Å². The Bertz CT molecular complexity index is 3020. The lowest BCUT2D eigenvalue weighted by Gasteiger charge is -2.34. The molecule has 0 spiro atoms. The Morgan fingerprint density at radius 1 is 0.379 bits per heavy atom. The third kappa shape index (κ3) is 5.36. The van der Waals surface area contributed by atoms with Gasteiger partial charge in [0.05, 0.1) is 22.1 Å². The third-order valence-corrected chi connectivity index (χ3v) is 11.8. The van der Waals surface area contributed by atoms with Crippen LogP contribution in [-0.4, -0.2) is 14.5 Å². The molecule has 0 bridgehead atoms. The average molecular weight is 740 g/mol. The van der Waals surface area contributed by atoms with Gasteiger partial charge in [-0.05, 0) is 104 Å². The number of hydrogen-bond acceptors (Lipinski definition) is 2. The summed E-state index contributed by atoms with van der Waals surface area (Å²) in [5.74, 6) is 0.919. The van der Waals surface area contributed by atoms with E-state index in [-0.39, 0.29) is 0 Å². The molecule has 3 heteroatoms. The third-order valence-electron chi connectivity index (χ3n) is 11.8. The van der Waals surface area contributed by atoms with Crippen LogP contribution in [0, 0.1) is 0 Å². The maximum Gasteiger partial charge on any atom is 0.145 e. The normalized spacial score (nSPS) is 12.6. The smallest absolute Gasteiger partial charge is 0.145 e. The number of rotatable bonds is 7. The number of imidazole rings is 1. The summed E-state index contributed by atoms with van der Waals surface area (Å²) in [6, 6.07) is 78.7. The van der Waals surface area contributed by atoms with Crippen LogP contribution in [0.5, 0.6) is 0 Å². The van der Waals surface area contributed by atoms with E-state index in [2.05, 4.69) is 216 Å². The van der Waals surface area contributed by atoms with Crippen LogP contribution in [0.1, 0.15) is 22.3 Å². The predicted molar refractivity (Wildman–Crippen MR) is 238 cm³/mol. The van der Waals surface area contributed by atoms with Crippen molar-refractivity contribution in [3.05, 3.63) is 247 Å². The van der Waals surface area contributed by atoms with Crippen molar-refractivity contribution < 1.29 is 0 Å². The average Bonchev–Trinajstić information content (AvgIpc) is 3.84. The van der Waals surface area contributed by atoms with Crippen LogP contribution in [0.4, 0.5) is 0 Å². The maximum atomic E-state index is 5.16. The molecular formula is C55H37N3. The highest BCUT2D eigenvalue weighted by molar-refractivity contribution is 5.95. The van der Waals surface area contributed by atoms with Crippen molar-refractivity contribution in [1.82, 2.24) is 14.5 Å². The van der Waals surface area contributed by atoms with E-state index < -0.39 is 5.41 Å². The number of pyridine rings is 1. The van der Waals surface area contributed by atoms with E-state index in [1.807, 2.05) is 18.3 Å². The lowest BCUT2D eigenvalue weighted by atomic mass is 9.67. The molecule has 10 aromatic rings. The van der Waals surface area contributed by atoms with Crippen molar-refractivity contribution in [2.24, 2.45) is 0 Å². The topological polar surface area (TPSA) is 30.7 Å². The van der Waals surface area contributed by atoms with E-state index in [0.717, 1.165) is 50.5 Å². The molecule has 0 N–H and O–H groups in total. The van der Waals surface area contributed by atoms with Crippen molar-refractivity contribution in [1.29, 1.82) is 0 Å². The summed E-state index contributed by atoms with van der Waals surface area (Å²) in [4.78, 5) is 9.80. The van der Waals surface area contributed by atoms with E-state index in [1.165, 1.54) is 44.5 Å². The molecule has 0 radical (unpaired) electrons. The second kappa shape index (κ2) is 13.8. The maximum absolute atomic E-state index is 5.16. The van der Waals surface area contributed by atoms with E-state index in [9.17, 15) is 0 Å². The largest absolute Gasteiger partial charge is 0.292 e. The molecule has 58 heavy (non-hydrogen) atoms. The molecule has 2 aromatic heterocycles. The Balaban J connectivity index is 1.14. The molecule has 272 valence electrons. The number of para-hydroxylation sites is 3. The van der Waals surface area contributed by atoms with Gasteiger partial charge in [-0.1, -0.05) is 170 Å². The summed E-state index contributed by atoms with van der Waals surface area (Å²) in [6.07, 6.45) is 1.85. The Morgan fingerprint density at radius 2 is 0.931 bits per heavy atom. The van der Waals surface area contributed by atoms with E-state index in [1.54, 1.807) is 0 Å². The molecule has 0 aliphatic heterocycles. The highest BCUT2D eigenvalue weighted by Gasteiger charge is 2.46. The van der Waals surface area contributed by atoms with Gasteiger partial charge in [-0.2, -0.15) is 0 Å². The molecule has 0 fully saturated rings. The van der Waals surface area contributed by atoms with Gasteiger partial charge in [0.15, 0.2) is 0 Å². The van der Waals surface area contributed by atoms with Crippen LogP contribution >= 0.6 is 0 Å². The lowest BCUT2D eigenvalue weighted by molar-refractivity contribution is 0.769. The Labute approximate surface area is 338 Å². The summed E-state index contributed by atoms with van der Waals surface area (Å²) in [6.45, 7) is 0. The summed E-state index contributed by atoms with van der Waals surface area (Å²) >= 11 is 0. The first-order valence-electron chi connectivity index (χ1n) is 19.8. The molecule has 0 atom stereocenters. The first-order valence-corrected chi connectivity index (χ1v) is 19.8. The highest BCUT2D eigenvalue weighted by atomic mass is 15.1. The Hall–Kier alpha value is -7.62. The summed E-state index contributed by atoms with van der Waals surface area (Å²) < 4.78 is 2.26.